The Hall–Kier alpha value is -3.04. The Labute approximate surface area is 149 Å². The number of halogens is 1. The Balaban J connectivity index is 1.84. The zero-order valence-electron chi connectivity index (χ0n) is 13.4. The highest BCUT2D eigenvalue weighted by Gasteiger charge is 2.10. The number of anilines is 1. The summed E-state index contributed by atoms with van der Waals surface area (Å²) >= 11 is 5.89. The molecule has 0 atom stereocenters. The van der Waals surface area contributed by atoms with Gasteiger partial charge in [0.05, 0.1) is 24.1 Å². The van der Waals surface area contributed by atoms with E-state index in [0.717, 1.165) is 5.56 Å². The van der Waals surface area contributed by atoms with Crippen molar-refractivity contribution in [1.29, 1.82) is 5.26 Å². The van der Waals surface area contributed by atoms with Crippen LogP contribution in [-0.2, 0) is 20.7 Å². The molecule has 0 radical (unpaired) electrons. The minimum absolute atomic E-state index is 0.0349. The van der Waals surface area contributed by atoms with Crippen molar-refractivity contribution < 1.29 is 19.1 Å². The Morgan fingerprint density at radius 2 is 2.04 bits per heavy atom. The molecule has 0 fully saturated rings. The zero-order valence-corrected chi connectivity index (χ0v) is 14.2. The predicted octanol–water partition coefficient (Wildman–Crippen LogP) is 2.94. The first kappa shape index (κ1) is 18.3. The maximum atomic E-state index is 11.8. The molecule has 0 bridgehead atoms. The van der Waals surface area contributed by atoms with Gasteiger partial charge in [0.25, 0.3) is 5.91 Å². The van der Waals surface area contributed by atoms with Gasteiger partial charge in [0, 0.05) is 5.69 Å². The zero-order chi connectivity index (χ0) is 18.2. The van der Waals surface area contributed by atoms with E-state index in [-0.39, 0.29) is 11.4 Å². The van der Waals surface area contributed by atoms with Crippen molar-refractivity contribution in [3.05, 3.63) is 58.6 Å². The molecule has 1 amide bonds. The number of methoxy groups -OCH3 is 1. The third-order valence-corrected chi connectivity index (χ3v) is 3.53. The average molecular weight is 359 g/mol. The molecule has 0 aliphatic rings. The van der Waals surface area contributed by atoms with Gasteiger partial charge in [-0.3, -0.25) is 9.59 Å². The minimum Gasteiger partial charge on any atom is -0.497 e. The predicted molar refractivity (Wildman–Crippen MR) is 92.5 cm³/mol. The van der Waals surface area contributed by atoms with Gasteiger partial charge in [0.1, 0.15) is 11.8 Å². The molecule has 1 N–H and O–H groups in total. The molecule has 0 saturated heterocycles. The van der Waals surface area contributed by atoms with Crippen molar-refractivity contribution >= 4 is 29.2 Å². The highest BCUT2D eigenvalue weighted by atomic mass is 35.5. The molecule has 0 saturated carbocycles. The summed E-state index contributed by atoms with van der Waals surface area (Å²) in [6.07, 6.45) is 0.0349. The highest BCUT2D eigenvalue weighted by molar-refractivity contribution is 6.32. The second kappa shape index (κ2) is 8.71. The first-order valence-corrected chi connectivity index (χ1v) is 7.67. The second-order valence-electron chi connectivity index (χ2n) is 5.04. The van der Waals surface area contributed by atoms with Crippen LogP contribution in [0.4, 0.5) is 5.69 Å². The van der Waals surface area contributed by atoms with E-state index < -0.39 is 18.5 Å². The second-order valence-corrected chi connectivity index (χ2v) is 5.45. The lowest BCUT2D eigenvalue weighted by molar-refractivity contribution is -0.146. The van der Waals surface area contributed by atoms with Crippen LogP contribution in [0.2, 0.25) is 5.02 Å². The number of nitrogens with one attached hydrogen (secondary N) is 1. The summed E-state index contributed by atoms with van der Waals surface area (Å²) in [5, 5.41) is 11.6. The van der Waals surface area contributed by atoms with E-state index in [1.165, 1.54) is 19.2 Å². The van der Waals surface area contributed by atoms with Gasteiger partial charge in [0.2, 0.25) is 0 Å². The fraction of sp³-hybridized carbons (Fsp3) is 0.167. The number of amides is 1. The number of nitrogens with zero attached hydrogens (tertiary/aromatic N) is 1. The van der Waals surface area contributed by atoms with Crippen LogP contribution in [-0.4, -0.2) is 25.6 Å². The Morgan fingerprint density at radius 1 is 1.24 bits per heavy atom. The lowest BCUT2D eigenvalue weighted by Crippen LogP contribution is -2.21. The van der Waals surface area contributed by atoms with Crippen molar-refractivity contribution in [2.45, 2.75) is 6.42 Å². The number of ether oxygens (including phenoxy) is 2. The van der Waals surface area contributed by atoms with Crippen molar-refractivity contribution in [2.75, 3.05) is 19.0 Å². The van der Waals surface area contributed by atoms with Crippen molar-refractivity contribution in [3.8, 4) is 11.8 Å². The molecule has 0 spiro atoms. The van der Waals surface area contributed by atoms with E-state index in [1.807, 2.05) is 6.07 Å². The van der Waals surface area contributed by atoms with Gasteiger partial charge in [-0.05, 0) is 35.9 Å². The summed E-state index contributed by atoms with van der Waals surface area (Å²) in [6.45, 7) is -0.416. The number of carbonyl (C=O) groups is 2. The largest absolute Gasteiger partial charge is 0.497 e. The van der Waals surface area contributed by atoms with Gasteiger partial charge >= 0.3 is 5.97 Å². The normalized spacial score (nSPS) is 9.80. The summed E-state index contributed by atoms with van der Waals surface area (Å²) in [7, 11) is 1.54. The highest BCUT2D eigenvalue weighted by Crippen LogP contribution is 2.20. The van der Waals surface area contributed by atoms with Crippen LogP contribution in [0.5, 0.6) is 5.75 Å². The Kier molecular flexibility index (Phi) is 6.38. The summed E-state index contributed by atoms with van der Waals surface area (Å²) < 4.78 is 10.0. The number of carbonyl (C=O) groups excluding carboxylic acids is 2. The number of hydrogen-bond acceptors (Lipinski definition) is 5. The van der Waals surface area contributed by atoms with E-state index in [0.29, 0.717) is 17.0 Å². The third-order valence-electron chi connectivity index (χ3n) is 3.22. The maximum absolute atomic E-state index is 11.8. The number of rotatable bonds is 6. The molecule has 0 aromatic heterocycles. The van der Waals surface area contributed by atoms with Crippen LogP contribution in [0.1, 0.15) is 11.1 Å². The standard InChI is InChI=1S/C18H15ClN2O4/c1-24-15-4-2-3-12(7-15)8-18(23)25-11-17(22)21-14-6-5-13(10-20)16(19)9-14/h2-7,9H,8,11H2,1H3,(H,21,22). The first-order chi connectivity index (χ1) is 12.0. The van der Waals surface area contributed by atoms with Crippen molar-refractivity contribution in [1.82, 2.24) is 0 Å². The topological polar surface area (TPSA) is 88.4 Å². The molecule has 0 heterocycles. The van der Waals surface area contributed by atoms with Crippen LogP contribution in [0, 0.1) is 11.3 Å². The summed E-state index contributed by atoms with van der Waals surface area (Å²) in [5.74, 6) is -0.387. The lowest BCUT2D eigenvalue weighted by Gasteiger charge is -2.08. The number of hydrogen-bond donors (Lipinski definition) is 1. The summed E-state index contributed by atoms with van der Waals surface area (Å²) in [4.78, 5) is 23.6. The average Bonchev–Trinajstić information content (AvgIpc) is 2.60. The number of benzene rings is 2. The molecule has 6 nitrogen and oxygen atoms in total. The first-order valence-electron chi connectivity index (χ1n) is 7.30. The molecule has 2 aromatic carbocycles. The smallest absolute Gasteiger partial charge is 0.310 e. The maximum Gasteiger partial charge on any atom is 0.310 e. The van der Waals surface area contributed by atoms with Crippen LogP contribution < -0.4 is 10.1 Å². The van der Waals surface area contributed by atoms with Gasteiger partial charge < -0.3 is 14.8 Å². The van der Waals surface area contributed by atoms with Crippen molar-refractivity contribution in [2.24, 2.45) is 0 Å². The van der Waals surface area contributed by atoms with Crippen LogP contribution in [0.3, 0.4) is 0 Å². The molecule has 128 valence electrons. The quantitative estimate of drug-likeness (QED) is 0.802. The fourth-order valence-electron chi connectivity index (χ4n) is 2.03. The van der Waals surface area contributed by atoms with E-state index >= 15 is 0 Å². The molecule has 2 rings (SSSR count). The van der Waals surface area contributed by atoms with E-state index in [4.69, 9.17) is 26.3 Å². The van der Waals surface area contributed by atoms with Gasteiger partial charge in [0.15, 0.2) is 6.61 Å². The molecule has 0 unspecified atom stereocenters. The van der Waals surface area contributed by atoms with Gasteiger partial charge in [-0.2, -0.15) is 5.26 Å². The van der Waals surface area contributed by atoms with Gasteiger partial charge in [-0.25, -0.2) is 0 Å². The molecule has 25 heavy (non-hydrogen) atoms. The van der Waals surface area contributed by atoms with E-state index in [2.05, 4.69) is 5.32 Å². The van der Waals surface area contributed by atoms with Crippen LogP contribution >= 0.6 is 11.6 Å². The molecule has 0 aliphatic carbocycles. The SMILES string of the molecule is COc1cccc(CC(=O)OCC(=O)Nc2ccc(C#N)c(Cl)c2)c1. The molecule has 2 aromatic rings. The molecular formula is C18H15ClN2O4. The molecule has 0 aliphatic heterocycles. The van der Waals surface area contributed by atoms with Crippen molar-refractivity contribution in [3.63, 3.8) is 0 Å². The van der Waals surface area contributed by atoms with Crippen LogP contribution in [0.15, 0.2) is 42.5 Å². The molecule has 7 heteroatoms. The van der Waals surface area contributed by atoms with E-state index in [9.17, 15) is 9.59 Å². The lowest BCUT2D eigenvalue weighted by atomic mass is 10.1. The number of nitriles is 1. The summed E-state index contributed by atoms with van der Waals surface area (Å²) in [5.41, 5.74) is 1.45. The minimum atomic E-state index is -0.527. The van der Waals surface area contributed by atoms with Crippen LogP contribution in [0.25, 0.3) is 0 Å². The molecular weight excluding hydrogens is 344 g/mol. The fourth-order valence-corrected chi connectivity index (χ4v) is 2.25. The van der Waals surface area contributed by atoms with Gasteiger partial charge in [-0.15, -0.1) is 0 Å². The van der Waals surface area contributed by atoms with E-state index in [1.54, 1.807) is 30.3 Å². The summed E-state index contributed by atoms with van der Waals surface area (Å²) in [6, 6.07) is 13.4. The number of esters is 1. The monoisotopic (exact) mass is 358 g/mol. The van der Waals surface area contributed by atoms with Gasteiger partial charge in [-0.1, -0.05) is 23.7 Å². The third kappa shape index (κ3) is 5.52. The Morgan fingerprint density at radius 3 is 2.72 bits per heavy atom. The Bertz CT molecular complexity index is 830.